The third kappa shape index (κ3) is 4.74. The second-order valence-electron chi connectivity index (χ2n) is 8.33. The van der Waals surface area contributed by atoms with Crippen LogP contribution in [0, 0.1) is 0 Å². The number of alkyl halides is 6. The molecular formula is C23H20F6N4O3. The van der Waals surface area contributed by atoms with E-state index in [9.17, 15) is 41.0 Å². The van der Waals surface area contributed by atoms with Crippen molar-refractivity contribution in [3.8, 4) is 5.69 Å². The van der Waals surface area contributed by atoms with Crippen molar-refractivity contribution in [1.82, 2.24) is 19.0 Å². The number of hydrogen-bond acceptors (Lipinski definition) is 4. The minimum atomic E-state index is -5.04. The fourth-order valence-electron chi connectivity index (χ4n) is 4.10. The number of carbonyl (C=O) groups is 1. The fourth-order valence-corrected chi connectivity index (χ4v) is 4.10. The molecule has 0 saturated heterocycles. The summed E-state index contributed by atoms with van der Waals surface area (Å²) in [5.41, 5.74) is -3.18. The van der Waals surface area contributed by atoms with Gasteiger partial charge in [-0.25, -0.2) is 4.98 Å². The Kier molecular flexibility index (Phi) is 6.45. The summed E-state index contributed by atoms with van der Waals surface area (Å²) < 4.78 is 82.1. The molecule has 2 aromatic heterocycles. The third-order valence-corrected chi connectivity index (χ3v) is 5.96. The molecule has 1 amide bonds. The van der Waals surface area contributed by atoms with E-state index in [-0.39, 0.29) is 24.0 Å². The minimum Gasteiger partial charge on any atom is -0.394 e. The molecule has 7 nitrogen and oxygen atoms in total. The summed E-state index contributed by atoms with van der Waals surface area (Å²) >= 11 is 0. The number of halogens is 6. The first-order chi connectivity index (χ1) is 16.8. The summed E-state index contributed by atoms with van der Waals surface area (Å²) in [4.78, 5) is 31.4. The van der Waals surface area contributed by atoms with Crippen LogP contribution in [0.1, 0.15) is 39.8 Å². The number of pyridine rings is 1. The lowest BCUT2D eigenvalue weighted by molar-refractivity contribution is -0.143. The Morgan fingerprint density at radius 2 is 1.67 bits per heavy atom. The average molecular weight is 514 g/mol. The van der Waals surface area contributed by atoms with Crippen molar-refractivity contribution >= 4 is 5.91 Å². The maximum Gasteiger partial charge on any atom is 0.416 e. The van der Waals surface area contributed by atoms with Crippen molar-refractivity contribution in [3.63, 3.8) is 0 Å². The van der Waals surface area contributed by atoms with E-state index in [0.717, 1.165) is 15.2 Å². The molecule has 0 spiro atoms. The van der Waals surface area contributed by atoms with Gasteiger partial charge in [0.15, 0.2) is 0 Å². The van der Waals surface area contributed by atoms with Crippen LogP contribution in [-0.2, 0) is 31.9 Å². The lowest BCUT2D eigenvalue weighted by Crippen LogP contribution is -2.52. The second kappa shape index (κ2) is 9.12. The molecule has 1 atom stereocenters. The zero-order valence-corrected chi connectivity index (χ0v) is 18.8. The average Bonchev–Trinajstić information content (AvgIpc) is 3.29. The quantitative estimate of drug-likeness (QED) is 0.528. The Bertz CT molecular complexity index is 1330. The molecule has 1 unspecified atom stereocenters. The van der Waals surface area contributed by atoms with Crippen molar-refractivity contribution in [2.75, 3.05) is 6.61 Å². The predicted molar refractivity (Wildman–Crippen MR) is 114 cm³/mol. The van der Waals surface area contributed by atoms with Gasteiger partial charge in [0, 0.05) is 19.3 Å². The van der Waals surface area contributed by atoms with Crippen molar-refractivity contribution in [3.05, 3.63) is 81.3 Å². The molecule has 0 radical (unpaired) electrons. The molecule has 0 saturated carbocycles. The zero-order chi connectivity index (χ0) is 26.4. The van der Waals surface area contributed by atoms with Crippen LogP contribution in [0.5, 0.6) is 0 Å². The highest BCUT2D eigenvalue weighted by Crippen LogP contribution is 2.37. The number of nitrogens with zero attached hydrogens (tertiary/aromatic N) is 4. The molecule has 3 aromatic rings. The minimum absolute atomic E-state index is 0.00149. The number of carbonyl (C=O) groups excluding carboxylic acids is 1. The van der Waals surface area contributed by atoms with Crippen LogP contribution >= 0.6 is 0 Å². The maximum atomic E-state index is 13.2. The molecule has 36 heavy (non-hydrogen) atoms. The molecule has 4 rings (SSSR count). The van der Waals surface area contributed by atoms with Crippen LogP contribution < -0.4 is 5.56 Å². The van der Waals surface area contributed by atoms with E-state index >= 15 is 0 Å². The molecule has 1 aliphatic heterocycles. The van der Waals surface area contributed by atoms with Gasteiger partial charge in [-0.15, -0.1) is 0 Å². The number of fused-ring (bicyclic) bond motifs is 1. The Morgan fingerprint density at radius 3 is 2.19 bits per heavy atom. The first kappa shape index (κ1) is 25.5. The van der Waals surface area contributed by atoms with Crippen molar-refractivity contribution in [2.45, 2.75) is 44.8 Å². The summed E-state index contributed by atoms with van der Waals surface area (Å²) in [7, 11) is 0. The van der Waals surface area contributed by atoms with Crippen molar-refractivity contribution in [1.29, 1.82) is 0 Å². The number of amides is 1. The van der Waals surface area contributed by atoms with E-state index in [1.54, 1.807) is 6.20 Å². The summed E-state index contributed by atoms with van der Waals surface area (Å²) in [6.07, 6.45) is -6.37. The number of aliphatic hydroxyl groups is 1. The normalized spacial score (nSPS) is 16.4. The van der Waals surface area contributed by atoms with E-state index in [2.05, 4.69) is 4.98 Å². The third-order valence-electron chi connectivity index (χ3n) is 5.96. The number of hydrogen-bond donors (Lipinski definition) is 1. The van der Waals surface area contributed by atoms with E-state index < -0.39 is 59.7 Å². The zero-order valence-electron chi connectivity index (χ0n) is 18.8. The van der Waals surface area contributed by atoms with Gasteiger partial charge in [0.2, 0.25) is 0 Å². The monoisotopic (exact) mass is 514 g/mol. The topological polar surface area (TPSA) is 80.4 Å². The van der Waals surface area contributed by atoms with Crippen molar-refractivity contribution in [2.24, 2.45) is 0 Å². The largest absolute Gasteiger partial charge is 0.416 e. The number of aliphatic hydroxyl groups excluding tert-OH is 1. The molecule has 13 heteroatoms. The van der Waals surface area contributed by atoms with Gasteiger partial charge in [0.1, 0.15) is 11.4 Å². The van der Waals surface area contributed by atoms with Crippen molar-refractivity contribution < 1.29 is 36.2 Å². The number of aromatic nitrogens is 3. The van der Waals surface area contributed by atoms with Crippen LogP contribution in [0.2, 0.25) is 0 Å². The summed E-state index contributed by atoms with van der Waals surface area (Å²) in [6, 6.07) is 2.74. The Labute approximate surface area is 200 Å². The van der Waals surface area contributed by atoms with E-state index in [4.69, 9.17) is 0 Å². The molecule has 1 aromatic carbocycles. The SMILES string of the molecule is CCc1cn(-c2ccc3n(c2=O)CC(CO)N(Cc2cc(C(F)(F)F)cc(C(F)(F)F)c2)C3=O)cn1. The fraction of sp³-hybridized carbons (Fsp3) is 0.348. The van der Waals surface area contributed by atoms with Gasteiger partial charge >= 0.3 is 12.4 Å². The maximum absolute atomic E-state index is 13.2. The standard InChI is InChI=1S/C23H20F6N4O3/c1-2-16-9-31(12-30-16)18-3-4-19-21(36)32(17(11-34)10-33(19)20(18)35)8-13-5-14(22(24,25)26)7-15(6-13)23(27,28)29/h3-7,9,12,17,34H,2,8,10-11H2,1H3. The van der Waals surface area contributed by atoms with Gasteiger partial charge in [-0.2, -0.15) is 26.3 Å². The number of rotatable bonds is 5. The Balaban J connectivity index is 1.73. The van der Waals surface area contributed by atoms with Gasteiger partial charge < -0.3 is 14.6 Å². The predicted octanol–water partition coefficient (Wildman–Crippen LogP) is 3.65. The highest BCUT2D eigenvalue weighted by atomic mass is 19.4. The molecule has 0 fully saturated rings. The van der Waals surface area contributed by atoms with Gasteiger partial charge in [-0.1, -0.05) is 6.92 Å². The van der Waals surface area contributed by atoms with Gasteiger partial charge in [-0.3, -0.25) is 14.2 Å². The highest BCUT2D eigenvalue weighted by Gasteiger charge is 2.38. The van der Waals surface area contributed by atoms with E-state index in [0.29, 0.717) is 18.6 Å². The van der Waals surface area contributed by atoms with Crippen LogP contribution in [0.25, 0.3) is 5.69 Å². The molecule has 3 heterocycles. The van der Waals surface area contributed by atoms with E-state index in [1.807, 2.05) is 6.92 Å². The smallest absolute Gasteiger partial charge is 0.394 e. The first-order valence-electron chi connectivity index (χ1n) is 10.8. The van der Waals surface area contributed by atoms with Crippen LogP contribution in [0.3, 0.4) is 0 Å². The van der Waals surface area contributed by atoms with E-state index in [1.165, 1.54) is 23.0 Å². The van der Waals surface area contributed by atoms with Gasteiger partial charge in [0.05, 0.1) is 35.8 Å². The summed E-state index contributed by atoms with van der Waals surface area (Å²) in [5.74, 6) is -0.810. The molecule has 0 bridgehead atoms. The highest BCUT2D eigenvalue weighted by molar-refractivity contribution is 5.93. The first-order valence-corrected chi connectivity index (χ1v) is 10.8. The van der Waals surface area contributed by atoms with Crippen LogP contribution in [0.15, 0.2) is 47.7 Å². The van der Waals surface area contributed by atoms with Crippen LogP contribution in [-0.4, -0.2) is 42.7 Å². The van der Waals surface area contributed by atoms with Gasteiger partial charge in [-0.05, 0) is 42.3 Å². The molecule has 192 valence electrons. The Morgan fingerprint density at radius 1 is 1.03 bits per heavy atom. The lowest BCUT2D eigenvalue weighted by Gasteiger charge is -2.36. The number of imidazole rings is 1. The van der Waals surface area contributed by atoms with Crippen LogP contribution in [0.4, 0.5) is 26.3 Å². The number of aryl methyl sites for hydroxylation is 1. The molecular weight excluding hydrogens is 494 g/mol. The Hall–Kier alpha value is -3.61. The molecule has 1 N–H and O–H groups in total. The summed E-state index contributed by atoms with van der Waals surface area (Å²) in [5, 5.41) is 9.88. The second-order valence-corrected chi connectivity index (χ2v) is 8.33. The summed E-state index contributed by atoms with van der Waals surface area (Å²) in [6.45, 7) is 0.380. The lowest BCUT2D eigenvalue weighted by atomic mass is 10.0. The molecule has 1 aliphatic rings. The number of benzene rings is 1. The molecule has 0 aliphatic carbocycles. The van der Waals surface area contributed by atoms with Gasteiger partial charge in [0.25, 0.3) is 11.5 Å².